The van der Waals surface area contributed by atoms with Crippen molar-refractivity contribution < 1.29 is 5.11 Å². The van der Waals surface area contributed by atoms with Gasteiger partial charge in [-0.15, -0.1) is 0 Å². The first kappa shape index (κ1) is 7.45. The molecule has 0 unspecified atom stereocenters. The van der Waals surface area contributed by atoms with Gasteiger partial charge >= 0.3 is 0 Å². The van der Waals surface area contributed by atoms with E-state index in [0.29, 0.717) is 0 Å². The van der Waals surface area contributed by atoms with E-state index in [1.807, 2.05) is 13.8 Å². The van der Waals surface area contributed by atoms with Crippen molar-refractivity contribution in [2.75, 3.05) is 6.61 Å². The van der Waals surface area contributed by atoms with E-state index in [-0.39, 0.29) is 18.6 Å². The quantitative estimate of drug-likeness (QED) is 0.529. The Labute approximate surface area is 50.0 Å². The lowest BCUT2D eigenvalue weighted by Gasteiger charge is -2.02. The molecule has 0 aromatic rings. The summed E-state index contributed by atoms with van der Waals surface area (Å²) in [4.78, 5) is 3.21. The zero-order valence-electron chi connectivity index (χ0n) is 5.26. The zero-order chi connectivity index (χ0) is 6.57. The molecule has 0 amide bonds. The van der Waals surface area contributed by atoms with Crippen LogP contribution in [0, 0.1) is 12.5 Å². The van der Waals surface area contributed by atoms with Crippen LogP contribution in [0.1, 0.15) is 13.8 Å². The fourth-order valence-electron chi connectivity index (χ4n) is 0.401. The number of rotatable bonds is 2. The minimum Gasteiger partial charge on any atom is -0.388 e. The molecule has 0 aromatic heterocycles. The molecular formula is C6H11NO. The van der Waals surface area contributed by atoms with E-state index >= 15 is 0 Å². The summed E-state index contributed by atoms with van der Waals surface area (Å²) in [6.45, 7) is 10.4. The minimum atomic E-state index is -0.199. The fourth-order valence-corrected chi connectivity index (χ4v) is 0.401. The van der Waals surface area contributed by atoms with Gasteiger partial charge < -0.3 is 9.95 Å². The van der Waals surface area contributed by atoms with Gasteiger partial charge in [0.2, 0.25) is 6.04 Å². The average Bonchev–Trinajstić information content (AvgIpc) is 1.69. The second kappa shape index (κ2) is 3.45. The van der Waals surface area contributed by atoms with Crippen LogP contribution in [0.2, 0.25) is 0 Å². The second-order valence-corrected chi connectivity index (χ2v) is 2.12. The van der Waals surface area contributed by atoms with Gasteiger partial charge in [0.05, 0.1) is 0 Å². The highest BCUT2D eigenvalue weighted by molar-refractivity contribution is 4.79. The van der Waals surface area contributed by atoms with Crippen LogP contribution in [0.3, 0.4) is 0 Å². The predicted molar refractivity (Wildman–Crippen MR) is 32.3 cm³/mol. The molecule has 0 aliphatic heterocycles. The van der Waals surface area contributed by atoms with Crippen molar-refractivity contribution in [3.05, 3.63) is 11.4 Å². The molecule has 0 bridgehead atoms. The Hall–Kier alpha value is -0.550. The van der Waals surface area contributed by atoms with E-state index in [1.54, 1.807) is 0 Å². The molecule has 0 spiro atoms. The maximum Gasteiger partial charge on any atom is 0.248 e. The maximum absolute atomic E-state index is 8.48. The molecule has 8 heavy (non-hydrogen) atoms. The van der Waals surface area contributed by atoms with Crippen LogP contribution in [0.15, 0.2) is 0 Å². The van der Waals surface area contributed by atoms with Crippen LogP contribution < -0.4 is 0 Å². The Balaban J connectivity index is 3.57. The zero-order valence-corrected chi connectivity index (χ0v) is 5.26. The van der Waals surface area contributed by atoms with Gasteiger partial charge in [-0.05, 0) is 0 Å². The number of aliphatic hydroxyl groups is 1. The Kier molecular flexibility index (Phi) is 3.21. The van der Waals surface area contributed by atoms with Crippen LogP contribution in [0.25, 0.3) is 4.85 Å². The normalized spacial score (nSPS) is 13.4. The molecule has 0 aliphatic carbocycles. The third kappa shape index (κ3) is 1.94. The van der Waals surface area contributed by atoms with Gasteiger partial charge in [-0.2, -0.15) is 0 Å². The summed E-state index contributed by atoms with van der Waals surface area (Å²) in [5.74, 6) is 0.275. The summed E-state index contributed by atoms with van der Waals surface area (Å²) in [5.41, 5.74) is 0. The van der Waals surface area contributed by atoms with Gasteiger partial charge in [0.25, 0.3) is 0 Å². The molecule has 0 radical (unpaired) electrons. The van der Waals surface area contributed by atoms with Crippen LogP contribution in [0.5, 0.6) is 0 Å². The molecular weight excluding hydrogens is 102 g/mol. The summed E-state index contributed by atoms with van der Waals surface area (Å²) < 4.78 is 0. The van der Waals surface area contributed by atoms with Crippen LogP contribution in [-0.4, -0.2) is 17.8 Å². The van der Waals surface area contributed by atoms with Crippen molar-refractivity contribution in [1.82, 2.24) is 0 Å². The van der Waals surface area contributed by atoms with Crippen LogP contribution in [0.4, 0.5) is 0 Å². The third-order valence-electron chi connectivity index (χ3n) is 1.12. The molecule has 0 aliphatic rings. The Morgan fingerprint density at radius 2 is 2.12 bits per heavy atom. The van der Waals surface area contributed by atoms with E-state index in [2.05, 4.69) is 4.85 Å². The van der Waals surface area contributed by atoms with Crippen molar-refractivity contribution in [2.45, 2.75) is 19.9 Å². The van der Waals surface area contributed by atoms with Gasteiger partial charge in [0.15, 0.2) is 0 Å². The van der Waals surface area contributed by atoms with E-state index in [9.17, 15) is 0 Å². The first-order chi connectivity index (χ1) is 3.72. The van der Waals surface area contributed by atoms with Crippen LogP contribution >= 0.6 is 0 Å². The standard InChI is InChI=1S/C6H11NO/c1-5(2)6(4-8)7-3/h5-6,8H,4H2,1-2H3/t6-/m1/s1. The van der Waals surface area contributed by atoms with Crippen molar-refractivity contribution in [3.63, 3.8) is 0 Å². The molecule has 46 valence electrons. The van der Waals surface area contributed by atoms with Crippen molar-refractivity contribution >= 4 is 0 Å². The largest absolute Gasteiger partial charge is 0.388 e. The van der Waals surface area contributed by atoms with Gasteiger partial charge in [-0.1, -0.05) is 13.8 Å². The van der Waals surface area contributed by atoms with Crippen molar-refractivity contribution in [1.29, 1.82) is 0 Å². The van der Waals surface area contributed by atoms with Crippen molar-refractivity contribution in [3.8, 4) is 0 Å². The van der Waals surface area contributed by atoms with E-state index in [4.69, 9.17) is 11.7 Å². The number of hydrogen-bond donors (Lipinski definition) is 1. The van der Waals surface area contributed by atoms with E-state index < -0.39 is 0 Å². The molecule has 0 heterocycles. The highest BCUT2D eigenvalue weighted by Crippen LogP contribution is 2.03. The Morgan fingerprint density at radius 1 is 1.62 bits per heavy atom. The summed E-state index contributed by atoms with van der Waals surface area (Å²) in [5, 5.41) is 8.48. The second-order valence-electron chi connectivity index (χ2n) is 2.12. The molecule has 0 saturated heterocycles. The highest BCUT2D eigenvalue weighted by atomic mass is 16.3. The predicted octanol–water partition coefficient (Wildman–Crippen LogP) is 0.923. The molecule has 0 saturated carbocycles. The fraction of sp³-hybridized carbons (Fsp3) is 0.833. The number of aliphatic hydroxyl groups excluding tert-OH is 1. The molecule has 2 nitrogen and oxygen atoms in total. The van der Waals surface area contributed by atoms with Crippen LogP contribution in [-0.2, 0) is 0 Å². The number of hydrogen-bond acceptors (Lipinski definition) is 1. The van der Waals surface area contributed by atoms with E-state index in [1.165, 1.54) is 0 Å². The van der Waals surface area contributed by atoms with Gasteiger partial charge in [-0.3, -0.25) is 0 Å². The molecule has 2 heteroatoms. The highest BCUT2D eigenvalue weighted by Gasteiger charge is 2.14. The van der Waals surface area contributed by atoms with Gasteiger partial charge in [0, 0.05) is 5.92 Å². The first-order valence-electron chi connectivity index (χ1n) is 2.69. The van der Waals surface area contributed by atoms with E-state index in [0.717, 1.165) is 0 Å². The molecule has 1 N–H and O–H groups in total. The van der Waals surface area contributed by atoms with Crippen molar-refractivity contribution in [2.24, 2.45) is 5.92 Å². The summed E-state index contributed by atoms with van der Waals surface area (Å²) in [6, 6.07) is -0.199. The summed E-state index contributed by atoms with van der Waals surface area (Å²) >= 11 is 0. The SMILES string of the molecule is [C-]#[N+][C@H](CO)C(C)C. The lowest BCUT2D eigenvalue weighted by Crippen LogP contribution is -2.14. The Bertz CT molecular complexity index is 93.2. The first-order valence-corrected chi connectivity index (χ1v) is 2.69. The summed E-state index contributed by atoms with van der Waals surface area (Å²) in [7, 11) is 0. The third-order valence-corrected chi connectivity index (χ3v) is 1.12. The Morgan fingerprint density at radius 3 is 2.12 bits per heavy atom. The molecule has 0 rings (SSSR count). The maximum atomic E-state index is 8.48. The number of nitrogens with zero attached hydrogens (tertiary/aromatic N) is 1. The molecule has 0 aromatic carbocycles. The molecule has 1 atom stereocenters. The monoisotopic (exact) mass is 113 g/mol. The van der Waals surface area contributed by atoms with Gasteiger partial charge in [0.1, 0.15) is 6.61 Å². The lowest BCUT2D eigenvalue weighted by atomic mass is 10.1. The van der Waals surface area contributed by atoms with Gasteiger partial charge in [-0.25, -0.2) is 6.57 Å². The topological polar surface area (TPSA) is 24.6 Å². The summed E-state index contributed by atoms with van der Waals surface area (Å²) in [6.07, 6.45) is 0. The minimum absolute atomic E-state index is 0.0127. The average molecular weight is 113 g/mol. The smallest absolute Gasteiger partial charge is 0.248 e. The lowest BCUT2D eigenvalue weighted by molar-refractivity contribution is 0.257. The molecule has 0 fully saturated rings.